The van der Waals surface area contributed by atoms with Gasteiger partial charge in [0.2, 0.25) is 5.91 Å². The minimum atomic E-state index is -0.121. The van der Waals surface area contributed by atoms with Crippen molar-refractivity contribution in [3.63, 3.8) is 0 Å². The Balaban J connectivity index is 1.12. The van der Waals surface area contributed by atoms with Gasteiger partial charge in [0.05, 0.1) is 4.70 Å². The van der Waals surface area contributed by atoms with Crippen molar-refractivity contribution in [1.29, 1.82) is 0 Å². The maximum Gasteiger partial charge on any atom is 0.244 e. The second-order valence-electron chi connectivity index (χ2n) is 9.82. The van der Waals surface area contributed by atoms with Gasteiger partial charge in [-0.05, 0) is 65.7 Å². The lowest BCUT2D eigenvalue weighted by atomic mass is 9.78. The van der Waals surface area contributed by atoms with E-state index in [1.807, 2.05) is 6.07 Å². The molecule has 7 nitrogen and oxygen atoms in total. The number of rotatable bonds is 8. The van der Waals surface area contributed by atoms with Crippen LogP contribution in [0, 0.1) is 16.7 Å². The fourth-order valence-electron chi connectivity index (χ4n) is 5.54. The standard InChI is InChI=1S/C28H33N5O2S/c34-27(14-13-21-7-3-5-11-25(21)30-35)29-19-22-8-1-2-9-23(22)20-32-15-17-33(18-16-32)28-24-10-4-6-12-26(24)36-31-28/h3-7,10-14,22-23H,1-2,8-9,15-20H2,(H,29,34)/b14-13+/t22-,23+/m0/s1. The molecule has 2 atom stereocenters. The second-order valence-corrected chi connectivity index (χ2v) is 10.6. The highest BCUT2D eigenvalue weighted by atomic mass is 32.1. The van der Waals surface area contributed by atoms with Crippen LogP contribution in [0.5, 0.6) is 0 Å². The number of nitrogens with zero attached hydrogens (tertiary/aromatic N) is 4. The number of anilines is 1. The van der Waals surface area contributed by atoms with Crippen LogP contribution >= 0.6 is 11.5 Å². The van der Waals surface area contributed by atoms with Crippen molar-refractivity contribution in [3.05, 3.63) is 65.1 Å². The normalized spacial score (nSPS) is 21.2. The van der Waals surface area contributed by atoms with Crippen molar-refractivity contribution in [2.24, 2.45) is 17.0 Å². The van der Waals surface area contributed by atoms with Crippen molar-refractivity contribution in [2.75, 3.05) is 44.2 Å². The van der Waals surface area contributed by atoms with Crippen LogP contribution in [0.15, 0.2) is 59.8 Å². The first-order valence-corrected chi connectivity index (χ1v) is 13.7. The zero-order chi connectivity index (χ0) is 24.7. The van der Waals surface area contributed by atoms with Crippen molar-refractivity contribution in [2.45, 2.75) is 25.7 Å². The summed E-state index contributed by atoms with van der Waals surface area (Å²) in [7, 11) is 0. The lowest BCUT2D eigenvalue weighted by Gasteiger charge is -2.40. The molecule has 0 spiro atoms. The van der Waals surface area contributed by atoms with Gasteiger partial charge < -0.3 is 10.2 Å². The smallest absolute Gasteiger partial charge is 0.244 e. The number of hydrogen-bond donors (Lipinski definition) is 1. The molecule has 188 valence electrons. The highest BCUT2D eigenvalue weighted by molar-refractivity contribution is 7.13. The SMILES string of the molecule is O=Nc1ccccc1/C=C/C(=O)NC[C@@H]1CCCC[C@@H]1CN1CCN(c2nsc3ccccc23)CC1. The zero-order valence-corrected chi connectivity index (χ0v) is 21.3. The van der Waals surface area contributed by atoms with Crippen molar-refractivity contribution < 1.29 is 4.79 Å². The van der Waals surface area contributed by atoms with E-state index in [0.717, 1.165) is 45.0 Å². The third-order valence-corrected chi connectivity index (χ3v) is 8.39. The summed E-state index contributed by atoms with van der Waals surface area (Å²) in [5, 5.41) is 7.39. The van der Waals surface area contributed by atoms with Gasteiger partial charge in [-0.3, -0.25) is 9.69 Å². The molecule has 1 aliphatic carbocycles. The van der Waals surface area contributed by atoms with Gasteiger partial charge in [-0.2, -0.15) is 4.37 Å². The minimum absolute atomic E-state index is 0.121. The fourth-order valence-corrected chi connectivity index (χ4v) is 6.33. The van der Waals surface area contributed by atoms with E-state index < -0.39 is 0 Å². The molecule has 0 radical (unpaired) electrons. The first-order chi connectivity index (χ1) is 17.7. The lowest BCUT2D eigenvalue weighted by Crippen LogP contribution is -2.49. The Labute approximate surface area is 216 Å². The molecule has 2 heterocycles. The van der Waals surface area contributed by atoms with Gasteiger partial charge in [0.15, 0.2) is 0 Å². The van der Waals surface area contributed by atoms with Crippen LogP contribution in [-0.4, -0.2) is 54.4 Å². The Hall–Kier alpha value is -3.10. The molecule has 0 bridgehead atoms. The first kappa shape index (κ1) is 24.6. The number of piperazine rings is 1. The summed E-state index contributed by atoms with van der Waals surface area (Å²) in [4.78, 5) is 28.4. The van der Waals surface area contributed by atoms with Gasteiger partial charge in [-0.25, -0.2) is 0 Å². The van der Waals surface area contributed by atoms with E-state index in [1.165, 1.54) is 35.4 Å². The Morgan fingerprint density at radius 2 is 1.78 bits per heavy atom. The molecular formula is C28H33N5O2S. The molecule has 0 unspecified atom stereocenters. The maximum absolute atomic E-state index is 12.5. The monoisotopic (exact) mass is 503 g/mol. The number of fused-ring (bicyclic) bond motifs is 1. The zero-order valence-electron chi connectivity index (χ0n) is 20.5. The lowest BCUT2D eigenvalue weighted by molar-refractivity contribution is -0.116. The number of hydrogen-bond acceptors (Lipinski definition) is 7. The largest absolute Gasteiger partial charge is 0.353 e. The van der Waals surface area contributed by atoms with Crippen molar-refractivity contribution >= 4 is 45.1 Å². The van der Waals surface area contributed by atoms with E-state index in [0.29, 0.717) is 29.6 Å². The number of benzene rings is 2. The molecule has 2 aliphatic rings. The summed E-state index contributed by atoms with van der Waals surface area (Å²) in [6.07, 6.45) is 8.06. The van der Waals surface area contributed by atoms with E-state index in [2.05, 4.69) is 44.6 Å². The fraction of sp³-hybridized carbons (Fsp3) is 0.429. The average Bonchev–Trinajstić information content (AvgIpc) is 3.36. The highest BCUT2D eigenvalue weighted by Crippen LogP contribution is 2.32. The van der Waals surface area contributed by atoms with Gasteiger partial charge in [-0.15, -0.1) is 4.91 Å². The molecule has 1 aromatic heterocycles. The van der Waals surface area contributed by atoms with Gasteiger partial charge in [0.25, 0.3) is 0 Å². The molecule has 1 aliphatic heterocycles. The van der Waals surface area contributed by atoms with Gasteiger partial charge in [-0.1, -0.05) is 43.2 Å². The summed E-state index contributed by atoms with van der Waals surface area (Å²) in [6.45, 7) is 5.91. The molecule has 1 N–H and O–H groups in total. The first-order valence-electron chi connectivity index (χ1n) is 12.9. The highest BCUT2D eigenvalue weighted by Gasteiger charge is 2.29. The van der Waals surface area contributed by atoms with Crippen LogP contribution in [0.2, 0.25) is 0 Å². The van der Waals surface area contributed by atoms with Crippen LogP contribution in [0.4, 0.5) is 11.5 Å². The van der Waals surface area contributed by atoms with E-state index in [4.69, 9.17) is 4.37 Å². The molecule has 1 amide bonds. The Morgan fingerprint density at radius 3 is 2.61 bits per heavy atom. The van der Waals surface area contributed by atoms with E-state index in [-0.39, 0.29) is 5.91 Å². The number of carbonyl (C=O) groups excluding carboxylic acids is 1. The second kappa shape index (κ2) is 11.8. The maximum atomic E-state index is 12.5. The number of aromatic nitrogens is 1. The van der Waals surface area contributed by atoms with E-state index in [9.17, 15) is 9.70 Å². The van der Waals surface area contributed by atoms with E-state index >= 15 is 0 Å². The van der Waals surface area contributed by atoms with E-state index in [1.54, 1.807) is 35.8 Å². The van der Waals surface area contributed by atoms with Crippen molar-refractivity contribution in [1.82, 2.24) is 14.6 Å². The van der Waals surface area contributed by atoms with Gasteiger partial charge in [0.1, 0.15) is 11.5 Å². The third kappa shape index (κ3) is 5.82. The topological polar surface area (TPSA) is 77.9 Å². The molecular weight excluding hydrogens is 470 g/mol. The summed E-state index contributed by atoms with van der Waals surface area (Å²) in [5.41, 5.74) is 1.000. The molecule has 1 saturated heterocycles. The minimum Gasteiger partial charge on any atom is -0.353 e. The molecule has 2 fully saturated rings. The summed E-state index contributed by atoms with van der Waals surface area (Å²) < 4.78 is 5.99. The molecule has 1 saturated carbocycles. The van der Waals surface area contributed by atoms with Crippen LogP contribution in [0.25, 0.3) is 16.2 Å². The van der Waals surface area contributed by atoms with Crippen LogP contribution in [0.1, 0.15) is 31.2 Å². The van der Waals surface area contributed by atoms with Crippen molar-refractivity contribution in [3.8, 4) is 0 Å². The Kier molecular flexibility index (Phi) is 8.03. The predicted molar refractivity (Wildman–Crippen MR) is 148 cm³/mol. The average molecular weight is 504 g/mol. The summed E-state index contributed by atoms with van der Waals surface area (Å²) >= 11 is 1.59. The number of carbonyl (C=O) groups is 1. The Bertz CT molecular complexity index is 1220. The molecule has 3 aromatic rings. The molecule has 8 heteroatoms. The third-order valence-electron chi connectivity index (χ3n) is 7.58. The molecule has 36 heavy (non-hydrogen) atoms. The number of nitroso groups, excluding NO2 is 1. The Morgan fingerprint density at radius 1 is 1.03 bits per heavy atom. The van der Waals surface area contributed by atoms with Gasteiger partial charge in [0, 0.05) is 56.3 Å². The van der Waals surface area contributed by atoms with Gasteiger partial charge >= 0.3 is 0 Å². The molecule has 5 rings (SSSR count). The number of nitrogens with one attached hydrogen (secondary N) is 1. The molecule has 2 aromatic carbocycles. The quantitative estimate of drug-likeness (QED) is 0.327. The summed E-state index contributed by atoms with van der Waals surface area (Å²) in [6, 6.07) is 15.5. The van der Waals surface area contributed by atoms with Crippen LogP contribution in [-0.2, 0) is 4.79 Å². The van der Waals surface area contributed by atoms with Crippen LogP contribution < -0.4 is 10.2 Å². The van der Waals surface area contributed by atoms with Crippen LogP contribution in [0.3, 0.4) is 0 Å². The number of amides is 1. The predicted octanol–water partition coefficient (Wildman–Crippen LogP) is 5.45. The summed E-state index contributed by atoms with van der Waals surface area (Å²) in [5.74, 6) is 2.12.